The second kappa shape index (κ2) is 8.79. The van der Waals surface area contributed by atoms with Crippen LogP contribution in [0.4, 0.5) is 4.79 Å². The first-order valence-corrected chi connectivity index (χ1v) is 9.07. The Morgan fingerprint density at radius 3 is 2.59 bits per heavy atom. The third kappa shape index (κ3) is 5.64. The van der Waals surface area contributed by atoms with E-state index in [2.05, 4.69) is 10.3 Å². The van der Waals surface area contributed by atoms with Gasteiger partial charge in [0, 0.05) is 17.4 Å². The summed E-state index contributed by atoms with van der Waals surface area (Å²) >= 11 is 0. The number of hydrogen-bond donors (Lipinski definition) is 2. The zero-order valence-electron chi connectivity index (χ0n) is 16.6. The molecule has 0 bridgehead atoms. The van der Waals surface area contributed by atoms with Gasteiger partial charge in [0.1, 0.15) is 17.0 Å². The lowest BCUT2D eigenvalue weighted by Crippen LogP contribution is -2.33. The zero-order valence-corrected chi connectivity index (χ0v) is 16.6. The number of nitrogens with one attached hydrogen (secondary N) is 2. The maximum atomic E-state index is 12.3. The monoisotopic (exact) mass is 376 g/mol. The van der Waals surface area contributed by atoms with Gasteiger partial charge in [-0.05, 0) is 64.3 Å². The summed E-state index contributed by atoms with van der Waals surface area (Å²) in [7, 11) is 1.60. The highest BCUT2D eigenvalue weighted by Crippen LogP contribution is 2.28. The fraction of sp³-hybridized carbons (Fsp3) is 0.500. The van der Waals surface area contributed by atoms with Crippen LogP contribution in [0.2, 0.25) is 0 Å². The molecule has 1 aromatic carbocycles. The Bertz CT molecular complexity index is 805. The van der Waals surface area contributed by atoms with Crippen LogP contribution in [0.3, 0.4) is 0 Å². The summed E-state index contributed by atoms with van der Waals surface area (Å²) < 4.78 is 15.7. The molecule has 7 nitrogen and oxygen atoms in total. The van der Waals surface area contributed by atoms with Crippen molar-refractivity contribution in [2.45, 2.75) is 46.1 Å². The van der Waals surface area contributed by atoms with E-state index in [4.69, 9.17) is 14.2 Å². The molecule has 27 heavy (non-hydrogen) atoms. The number of esters is 1. The molecule has 148 valence electrons. The van der Waals surface area contributed by atoms with E-state index in [0.717, 1.165) is 16.5 Å². The normalized spacial score (nSPS) is 11.3. The highest BCUT2D eigenvalue weighted by Gasteiger charge is 2.20. The van der Waals surface area contributed by atoms with Crippen LogP contribution >= 0.6 is 0 Å². The predicted octanol–water partition coefficient (Wildman–Crippen LogP) is 3.81. The molecule has 0 saturated carbocycles. The van der Waals surface area contributed by atoms with Crippen molar-refractivity contribution in [3.05, 3.63) is 29.5 Å². The number of carbonyl (C=O) groups excluding carboxylic acids is 2. The molecule has 1 aromatic heterocycles. The van der Waals surface area contributed by atoms with Crippen molar-refractivity contribution in [2.24, 2.45) is 0 Å². The van der Waals surface area contributed by atoms with E-state index < -0.39 is 11.7 Å². The molecule has 0 radical (unpaired) electrons. The third-order valence-electron chi connectivity index (χ3n) is 3.86. The Balaban J connectivity index is 2.13. The van der Waals surface area contributed by atoms with Gasteiger partial charge in [-0.1, -0.05) is 0 Å². The van der Waals surface area contributed by atoms with Crippen LogP contribution in [0.1, 0.15) is 50.2 Å². The van der Waals surface area contributed by atoms with Crippen molar-refractivity contribution in [2.75, 3.05) is 20.3 Å². The minimum atomic E-state index is -0.533. The van der Waals surface area contributed by atoms with E-state index >= 15 is 0 Å². The molecule has 2 rings (SSSR count). The molecule has 0 aliphatic carbocycles. The number of alkyl carbamates (subject to hydrolysis) is 1. The lowest BCUT2D eigenvalue weighted by Gasteiger charge is -2.19. The number of aryl methyl sites for hydroxylation is 1. The zero-order chi connectivity index (χ0) is 20.0. The van der Waals surface area contributed by atoms with Crippen LogP contribution in [0.5, 0.6) is 5.75 Å². The van der Waals surface area contributed by atoms with Gasteiger partial charge in [0.2, 0.25) is 0 Å². The summed E-state index contributed by atoms with van der Waals surface area (Å²) in [5, 5.41) is 3.65. The van der Waals surface area contributed by atoms with Crippen molar-refractivity contribution >= 4 is 23.0 Å². The van der Waals surface area contributed by atoms with Crippen LogP contribution in [-0.2, 0) is 15.9 Å². The standard InChI is InChI=1S/C20H28N2O5/c1-6-26-18(23)17-14(8-7-11-21-19(24)27-20(2,3)4)15-12-13(25-5)9-10-16(15)22-17/h9-10,12,22H,6-8,11H2,1-5H3,(H,21,24). The fourth-order valence-corrected chi connectivity index (χ4v) is 2.76. The molecule has 2 aromatic rings. The number of aromatic nitrogens is 1. The van der Waals surface area contributed by atoms with Gasteiger partial charge in [0.25, 0.3) is 0 Å². The maximum Gasteiger partial charge on any atom is 0.407 e. The molecule has 0 aliphatic rings. The van der Waals surface area contributed by atoms with Gasteiger partial charge in [-0.2, -0.15) is 0 Å². The average molecular weight is 376 g/mol. The third-order valence-corrected chi connectivity index (χ3v) is 3.86. The minimum Gasteiger partial charge on any atom is -0.497 e. The first kappa shape index (κ1) is 20.6. The quantitative estimate of drug-likeness (QED) is 0.566. The van der Waals surface area contributed by atoms with Gasteiger partial charge in [-0.25, -0.2) is 9.59 Å². The molecule has 0 unspecified atom stereocenters. The number of ether oxygens (including phenoxy) is 3. The van der Waals surface area contributed by atoms with E-state index in [0.29, 0.717) is 37.4 Å². The summed E-state index contributed by atoms with van der Waals surface area (Å²) in [6.07, 6.45) is 0.793. The highest BCUT2D eigenvalue weighted by atomic mass is 16.6. The van der Waals surface area contributed by atoms with E-state index in [-0.39, 0.29) is 5.97 Å². The van der Waals surface area contributed by atoms with Crippen LogP contribution in [-0.4, -0.2) is 42.9 Å². The highest BCUT2D eigenvalue weighted by molar-refractivity contribution is 5.98. The van der Waals surface area contributed by atoms with E-state index in [1.54, 1.807) is 14.0 Å². The SMILES string of the molecule is CCOC(=O)c1[nH]c2ccc(OC)cc2c1CCCNC(=O)OC(C)(C)C. The van der Waals surface area contributed by atoms with Crippen LogP contribution in [0, 0.1) is 0 Å². The Morgan fingerprint density at radius 1 is 1.22 bits per heavy atom. The molecule has 0 atom stereocenters. The number of aromatic amines is 1. The van der Waals surface area contributed by atoms with Crippen LogP contribution in [0.25, 0.3) is 10.9 Å². The topological polar surface area (TPSA) is 89.7 Å². The molecule has 0 spiro atoms. The number of fused-ring (bicyclic) bond motifs is 1. The summed E-state index contributed by atoms with van der Waals surface area (Å²) in [6.45, 7) is 7.96. The van der Waals surface area contributed by atoms with Crippen LogP contribution < -0.4 is 10.1 Å². The first-order chi connectivity index (χ1) is 12.7. The smallest absolute Gasteiger partial charge is 0.407 e. The summed E-state index contributed by atoms with van der Waals surface area (Å²) in [6, 6.07) is 5.60. The van der Waals surface area contributed by atoms with E-state index in [1.165, 1.54) is 0 Å². The number of methoxy groups -OCH3 is 1. The second-order valence-electron chi connectivity index (χ2n) is 7.14. The Labute approximate surface area is 159 Å². The Hall–Kier alpha value is -2.70. The van der Waals surface area contributed by atoms with E-state index in [9.17, 15) is 9.59 Å². The summed E-state index contributed by atoms with van der Waals surface area (Å²) in [5.74, 6) is 0.327. The van der Waals surface area contributed by atoms with Crippen LogP contribution in [0.15, 0.2) is 18.2 Å². The largest absolute Gasteiger partial charge is 0.497 e. The van der Waals surface area contributed by atoms with Crippen molar-refractivity contribution in [3.8, 4) is 5.75 Å². The molecule has 0 fully saturated rings. The summed E-state index contributed by atoms with van der Waals surface area (Å²) in [5.41, 5.74) is 1.61. The van der Waals surface area contributed by atoms with Crippen molar-refractivity contribution in [1.82, 2.24) is 10.3 Å². The number of hydrogen-bond acceptors (Lipinski definition) is 5. The van der Waals surface area contributed by atoms with Gasteiger partial charge < -0.3 is 24.5 Å². The number of carbonyl (C=O) groups is 2. The molecule has 7 heteroatoms. The Kier molecular flexibility index (Phi) is 6.71. The average Bonchev–Trinajstić information content (AvgIpc) is 2.95. The lowest BCUT2D eigenvalue weighted by atomic mass is 10.0. The Morgan fingerprint density at radius 2 is 1.96 bits per heavy atom. The van der Waals surface area contributed by atoms with Crippen molar-refractivity contribution in [1.29, 1.82) is 0 Å². The van der Waals surface area contributed by atoms with Gasteiger partial charge in [-0.15, -0.1) is 0 Å². The van der Waals surface area contributed by atoms with Gasteiger partial charge in [0.05, 0.1) is 13.7 Å². The predicted molar refractivity (Wildman–Crippen MR) is 103 cm³/mol. The molecule has 2 N–H and O–H groups in total. The summed E-state index contributed by atoms with van der Waals surface area (Å²) in [4.78, 5) is 27.2. The van der Waals surface area contributed by atoms with Gasteiger partial charge >= 0.3 is 12.1 Å². The molecular formula is C20H28N2O5. The number of benzene rings is 1. The van der Waals surface area contributed by atoms with Gasteiger partial charge in [-0.3, -0.25) is 0 Å². The minimum absolute atomic E-state index is 0.303. The number of rotatable bonds is 7. The second-order valence-corrected chi connectivity index (χ2v) is 7.14. The van der Waals surface area contributed by atoms with Crippen molar-refractivity contribution in [3.63, 3.8) is 0 Å². The number of H-pyrrole nitrogens is 1. The van der Waals surface area contributed by atoms with Gasteiger partial charge in [0.15, 0.2) is 0 Å². The molecule has 1 amide bonds. The molecule has 0 saturated heterocycles. The van der Waals surface area contributed by atoms with Crippen molar-refractivity contribution < 1.29 is 23.8 Å². The molecule has 0 aliphatic heterocycles. The first-order valence-electron chi connectivity index (χ1n) is 9.07. The van der Waals surface area contributed by atoms with E-state index in [1.807, 2.05) is 39.0 Å². The molecule has 1 heterocycles. The maximum absolute atomic E-state index is 12.3. The fourth-order valence-electron chi connectivity index (χ4n) is 2.76. The molecular weight excluding hydrogens is 348 g/mol. The lowest BCUT2D eigenvalue weighted by molar-refractivity contribution is 0.0509. The number of amides is 1.